The van der Waals surface area contributed by atoms with E-state index in [2.05, 4.69) is 5.32 Å². The van der Waals surface area contributed by atoms with Gasteiger partial charge >= 0.3 is 0 Å². The summed E-state index contributed by atoms with van der Waals surface area (Å²) in [6.07, 6.45) is 3.10. The molecule has 0 atom stereocenters. The van der Waals surface area contributed by atoms with Gasteiger partial charge in [0.2, 0.25) is 0 Å². The van der Waals surface area contributed by atoms with Gasteiger partial charge in [-0.1, -0.05) is 0 Å². The molecule has 1 aliphatic heterocycles. The molecule has 0 aromatic heterocycles. The summed E-state index contributed by atoms with van der Waals surface area (Å²) in [5, 5.41) is 20.7. The lowest BCUT2D eigenvalue weighted by Gasteiger charge is -2.13. The second-order valence-electron chi connectivity index (χ2n) is 3.34. The van der Waals surface area contributed by atoms with Gasteiger partial charge in [-0.05, 0) is 25.1 Å². The van der Waals surface area contributed by atoms with E-state index in [0.29, 0.717) is 5.36 Å². The molecule has 0 aromatic rings. The molecule has 4 nitrogen and oxygen atoms in total. The second kappa shape index (κ2) is 3.65. The Morgan fingerprint density at radius 2 is 2.13 bits per heavy atom. The number of hydrogen-bond donors (Lipinski definition) is 3. The second-order valence-corrected chi connectivity index (χ2v) is 3.34. The summed E-state index contributed by atoms with van der Waals surface area (Å²) in [6, 6.07) is 5.40. The van der Waals surface area contributed by atoms with Crippen LogP contribution in [0.1, 0.15) is 6.92 Å². The monoisotopic (exact) mass is 203 g/mol. The van der Waals surface area contributed by atoms with Gasteiger partial charge in [0.15, 0.2) is 0 Å². The minimum atomic E-state index is 0.412. The molecule has 2 aliphatic rings. The first kappa shape index (κ1) is 9.58. The molecule has 1 aliphatic carbocycles. The van der Waals surface area contributed by atoms with Crippen molar-refractivity contribution >= 4 is 5.69 Å². The van der Waals surface area contributed by atoms with Crippen molar-refractivity contribution in [3.8, 4) is 11.1 Å². The van der Waals surface area contributed by atoms with E-state index in [4.69, 9.17) is 5.41 Å². The van der Waals surface area contributed by atoms with Crippen LogP contribution >= 0.6 is 0 Å². The van der Waals surface area contributed by atoms with Gasteiger partial charge in [0.1, 0.15) is 0 Å². The standard InChI is InChI=1S/C11H13N3O/c1-2-13-11-4-3-10(12)9-7-14(15)6-5-8(9)11/h3-7,12-13,15H,2H2,1H3. The van der Waals surface area contributed by atoms with E-state index < -0.39 is 0 Å². The van der Waals surface area contributed by atoms with Crippen molar-refractivity contribution in [3.05, 3.63) is 36.0 Å². The highest BCUT2D eigenvalue weighted by Gasteiger charge is 2.08. The molecule has 0 saturated carbocycles. The van der Waals surface area contributed by atoms with Crippen LogP contribution in [0.15, 0.2) is 30.6 Å². The Morgan fingerprint density at radius 3 is 2.87 bits per heavy atom. The number of aromatic nitrogens is 1. The molecule has 1 heterocycles. The number of hydrogen-bond acceptors (Lipinski definition) is 3. The number of fused-ring (bicyclic) bond motifs is 1. The first-order valence-electron chi connectivity index (χ1n) is 4.85. The Morgan fingerprint density at radius 1 is 1.33 bits per heavy atom. The summed E-state index contributed by atoms with van der Waals surface area (Å²) in [5.74, 6) is 0. The van der Waals surface area contributed by atoms with Crippen LogP contribution in [-0.2, 0) is 0 Å². The van der Waals surface area contributed by atoms with Crippen LogP contribution in [0.2, 0.25) is 0 Å². The van der Waals surface area contributed by atoms with Gasteiger partial charge in [-0.25, -0.2) is 4.73 Å². The minimum Gasteiger partial charge on any atom is -0.429 e. The summed E-state index contributed by atoms with van der Waals surface area (Å²) in [5.41, 5.74) is 2.68. The number of anilines is 1. The molecule has 0 amide bonds. The fourth-order valence-corrected chi connectivity index (χ4v) is 1.63. The molecule has 0 aromatic carbocycles. The maximum atomic E-state index is 9.29. The van der Waals surface area contributed by atoms with Crippen molar-refractivity contribution in [1.29, 1.82) is 5.41 Å². The van der Waals surface area contributed by atoms with Crippen LogP contribution in [0.5, 0.6) is 0 Å². The summed E-state index contributed by atoms with van der Waals surface area (Å²) in [6.45, 7) is 2.86. The lowest BCUT2D eigenvalue weighted by atomic mass is 10.0. The molecule has 78 valence electrons. The van der Waals surface area contributed by atoms with Gasteiger partial charge < -0.3 is 15.9 Å². The van der Waals surface area contributed by atoms with E-state index >= 15 is 0 Å². The van der Waals surface area contributed by atoms with Gasteiger partial charge in [-0.2, -0.15) is 0 Å². The molecule has 0 saturated heterocycles. The predicted octanol–water partition coefficient (Wildman–Crippen LogP) is 1.74. The maximum absolute atomic E-state index is 9.29. The molecule has 2 rings (SSSR count). The van der Waals surface area contributed by atoms with Gasteiger partial charge in [-0.3, -0.25) is 0 Å². The molecule has 3 N–H and O–H groups in total. The van der Waals surface area contributed by atoms with Crippen molar-refractivity contribution in [2.24, 2.45) is 0 Å². The van der Waals surface area contributed by atoms with Crippen molar-refractivity contribution in [2.45, 2.75) is 6.92 Å². The highest BCUT2D eigenvalue weighted by molar-refractivity contribution is 5.78. The van der Waals surface area contributed by atoms with Crippen LogP contribution in [0.4, 0.5) is 5.69 Å². The first-order valence-corrected chi connectivity index (χ1v) is 4.85. The molecular formula is C11H13N3O. The third kappa shape index (κ3) is 1.66. The SMILES string of the molecule is CCNc1ccc(=N)c2cn(O)ccc1-2. The Bertz CT molecular complexity index is 504. The summed E-state index contributed by atoms with van der Waals surface area (Å²) in [7, 11) is 0. The topological polar surface area (TPSA) is 61.0 Å². The average molecular weight is 203 g/mol. The van der Waals surface area contributed by atoms with E-state index in [9.17, 15) is 5.21 Å². The van der Waals surface area contributed by atoms with Crippen LogP contribution < -0.4 is 10.7 Å². The number of benzene rings is 1. The van der Waals surface area contributed by atoms with E-state index in [-0.39, 0.29) is 0 Å². The van der Waals surface area contributed by atoms with Crippen LogP contribution in [0.25, 0.3) is 11.1 Å². The molecule has 0 radical (unpaired) electrons. The lowest BCUT2D eigenvalue weighted by molar-refractivity contribution is 0.184. The third-order valence-corrected chi connectivity index (χ3v) is 2.31. The average Bonchev–Trinajstić information content (AvgIpc) is 2.23. The predicted molar refractivity (Wildman–Crippen MR) is 58.3 cm³/mol. The van der Waals surface area contributed by atoms with Gasteiger partial charge in [0.05, 0.1) is 11.6 Å². The zero-order valence-electron chi connectivity index (χ0n) is 8.49. The Hall–Kier alpha value is -1.97. The van der Waals surface area contributed by atoms with E-state index in [1.54, 1.807) is 24.5 Å². The van der Waals surface area contributed by atoms with Crippen molar-refractivity contribution in [3.63, 3.8) is 0 Å². The fourth-order valence-electron chi connectivity index (χ4n) is 1.63. The van der Waals surface area contributed by atoms with E-state index in [1.165, 1.54) is 0 Å². The van der Waals surface area contributed by atoms with Crippen LogP contribution in [-0.4, -0.2) is 16.5 Å². The zero-order chi connectivity index (χ0) is 10.8. The van der Waals surface area contributed by atoms with Gasteiger partial charge in [-0.15, -0.1) is 0 Å². The van der Waals surface area contributed by atoms with Crippen molar-refractivity contribution < 1.29 is 5.21 Å². The Kier molecular flexibility index (Phi) is 2.33. The molecule has 0 fully saturated rings. The number of nitrogens with zero attached hydrogens (tertiary/aromatic N) is 1. The Labute approximate surface area is 87.6 Å². The number of rotatable bonds is 2. The molecule has 4 heteroatoms. The third-order valence-electron chi connectivity index (χ3n) is 2.31. The minimum absolute atomic E-state index is 0.412. The molecule has 15 heavy (non-hydrogen) atoms. The number of nitrogens with one attached hydrogen (secondary N) is 2. The van der Waals surface area contributed by atoms with Crippen LogP contribution in [0.3, 0.4) is 0 Å². The normalized spacial score (nSPS) is 10.5. The summed E-state index contributed by atoms with van der Waals surface area (Å²) in [4.78, 5) is 0. The highest BCUT2D eigenvalue weighted by Crippen LogP contribution is 2.25. The van der Waals surface area contributed by atoms with E-state index in [1.807, 2.05) is 13.0 Å². The maximum Gasteiger partial charge on any atom is 0.0635 e. The smallest absolute Gasteiger partial charge is 0.0635 e. The van der Waals surface area contributed by atoms with Crippen LogP contribution in [0, 0.1) is 5.41 Å². The largest absolute Gasteiger partial charge is 0.429 e. The summed E-state index contributed by atoms with van der Waals surface area (Å²) >= 11 is 0. The fraction of sp³-hybridized carbons (Fsp3) is 0.182. The van der Waals surface area contributed by atoms with Crippen molar-refractivity contribution in [2.75, 3.05) is 11.9 Å². The highest BCUT2D eigenvalue weighted by atomic mass is 16.5. The van der Waals surface area contributed by atoms with Gasteiger partial charge in [0.25, 0.3) is 0 Å². The Balaban J connectivity index is 2.69. The molecule has 0 bridgehead atoms. The van der Waals surface area contributed by atoms with Gasteiger partial charge in [0, 0.05) is 29.6 Å². The molecule has 0 unspecified atom stereocenters. The summed E-state index contributed by atoms with van der Waals surface area (Å²) < 4.78 is 0.968. The molecule has 0 spiro atoms. The quantitative estimate of drug-likeness (QED) is 0.651. The first-order chi connectivity index (χ1) is 7.22. The zero-order valence-corrected chi connectivity index (χ0v) is 8.49. The van der Waals surface area contributed by atoms with Crippen molar-refractivity contribution in [1.82, 2.24) is 4.73 Å². The molecular weight excluding hydrogens is 190 g/mol. The lowest BCUT2D eigenvalue weighted by Crippen LogP contribution is -2.10. The number of pyridine rings is 1. The van der Waals surface area contributed by atoms with E-state index in [0.717, 1.165) is 28.1 Å².